The van der Waals surface area contributed by atoms with E-state index in [1.54, 1.807) is 0 Å². The van der Waals surface area contributed by atoms with Crippen molar-refractivity contribution >= 4 is 35.2 Å². The molecule has 2 aromatic rings. The number of nitrogens with one attached hydrogen (secondary N) is 1. The average molecular weight is 809 g/mol. The summed E-state index contributed by atoms with van der Waals surface area (Å²) < 4.78 is 17.2. The highest BCUT2D eigenvalue weighted by Gasteiger charge is 2.81. The number of aromatic nitrogens is 1. The highest BCUT2D eigenvalue weighted by molar-refractivity contribution is 5.91. The van der Waals surface area contributed by atoms with Crippen LogP contribution in [0.15, 0.2) is 59.8 Å². The lowest BCUT2D eigenvalue weighted by molar-refractivity contribution is -0.242. The third-order valence-corrected chi connectivity index (χ3v) is 15.0. The molecule has 314 valence electrons. The van der Waals surface area contributed by atoms with Gasteiger partial charge in [0.2, 0.25) is 12.0 Å². The number of rotatable bonds is 8. The molecular weight excluding hydrogens is 753 g/mol. The molecule has 5 aliphatic heterocycles. The molecule has 1 saturated carbocycles. The molecule has 10 atom stereocenters. The van der Waals surface area contributed by atoms with Crippen molar-refractivity contribution < 1.29 is 43.6 Å². The highest BCUT2D eigenvalue weighted by Crippen LogP contribution is 2.69. The molecule has 3 N–H and O–H groups in total. The Bertz CT molecular complexity index is 2210. The number of aromatic amines is 1. The van der Waals surface area contributed by atoms with Crippen LogP contribution in [0.5, 0.6) is 0 Å². The first-order valence-electron chi connectivity index (χ1n) is 20.9. The summed E-state index contributed by atoms with van der Waals surface area (Å²) in [6.07, 6.45) is 15.5. The Kier molecular flexibility index (Phi) is 10.3. The van der Waals surface area contributed by atoms with E-state index in [-0.39, 0.29) is 12.3 Å². The van der Waals surface area contributed by atoms with Gasteiger partial charge in [-0.3, -0.25) is 24.2 Å². The molecular formula is C46H56N4O9. The number of hydrogen-bond donors (Lipinski definition) is 3. The number of ether oxygens (including phenoxy) is 3. The van der Waals surface area contributed by atoms with Gasteiger partial charge in [-0.1, -0.05) is 56.2 Å². The molecule has 8 rings (SSSR count). The molecule has 1 amide bonds. The van der Waals surface area contributed by atoms with Gasteiger partial charge in [-0.25, -0.2) is 4.79 Å². The van der Waals surface area contributed by atoms with Crippen LogP contribution in [0.2, 0.25) is 0 Å². The molecule has 1 unspecified atom stereocenters. The number of benzene rings is 1. The van der Waals surface area contributed by atoms with E-state index in [4.69, 9.17) is 20.6 Å². The Morgan fingerprint density at radius 2 is 1.81 bits per heavy atom. The number of nitrogens with zero attached hydrogens (tertiary/aromatic N) is 3. The first kappa shape index (κ1) is 41.0. The number of fused-ring (bicyclic) bond motifs is 5. The summed E-state index contributed by atoms with van der Waals surface area (Å²) in [5.74, 6) is 0.349. The molecule has 13 nitrogen and oxygen atoms in total. The summed E-state index contributed by atoms with van der Waals surface area (Å²) in [5.41, 5.74) is -3.48. The van der Waals surface area contributed by atoms with E-state index in [1.165, 1.54) is 25.0 Å². The van der Waals surface area contributed by atoms with Crippen molar-refractivity contribution in [3.8, 4) is 12.3 Å². The fourth-order valence-electron chi connectivity index (χ4n) is 12.9. The number of carbonyl (C=O) groups is 4. The molecule has 59 heavy (non-hydrogen) atoms. The second kappa shape index (κ2) is 14.8. The lowest BCUT2D eigenvalue weighted by Gasteiger charge is -2.63. The number of carbonyl (C=O) groups excluding carboxylic acids is 4. The van der Waals surface area contributed by atoms with Gasteiger partial charge in [-0.2, -0.15) is 0 Å². The maximum absolute atomic E-state index is 14.9. The fraction of sp³-hybridized carbons (Fsp3) is 0.565. The average Bonchev–Trinajstić information content (AvgIpc) is 3.90. The van der Waals surface area contributed by atoms with Crippen molar-refractivity contribution in [2.75, 3.05) is 46.9 Å². The lowest BCUT2D eigenvalue weighted by atomic mass is 9.47. The molecule has 2 bridgehead atoms. The molecule has 0 radical (unpaired) electrons. The summed E-state index contributed by atoms with van der Waals surface area (Å²) >= 11 is 0. The number of esters is 3. The predicted octanol–water partition coefficient (Wildman–Crippen LogP) is 3.54. The standard InChI is InChI=1S/C46H56N4O9/c1-7-13-35-33(45-20-23-49-21-12-18-43(9-3,37(45)49)39(59-29(4)52)46(56,41(54)58-6)38(45)50(35)28-51)16-19-44(40(53)57-5)25-30-24-42(55,8-2)27-48(26-30)22-17-32-31-14-10-11-15-34(31)47-36(32)44/h1,10-16,18,28,30,37-39,47,55-56H,8-9,17,19-27H2,2-6H3/b33-16+,35-13+/t30-,37-,38+,39+,42-,43+,44+,45+,46-/m0/s1. The van der Waals surface area contributed by atoms with Gasteiger partial charge < -0.3 is 34.3 Å². The minimum atomic E-state index is -2.55. The quantitative estimate of drug-likeness (QED) is 0.118. The molecule has 13 heteroatoms. The maximum Gasteiger partial charge on any atom is 0.344 e. The van der Waals surface area contributed by atoms with E-state index in [1.807, 2.05) is 50.3 Å². The van der Waals surface area contributed by atoms with E-state index >= 15 is 0 Å². The number of allylic oxidation sites excluding steroid dienone is 3. The number of H-pyrrole nitrogens is 1. The second-order valence-electron chi connectivity index (χ2n) is 17.7. The van der Waals surface area contributed by atoms with Gasteiger partial charge in [0.25, 0.3) is 0 Å². The summed E-state index contributed by atoms with van der Waals surface area (Å²) in [7, 11) is 2.56. The number of likely N-dealkylation sites (tertiary alicyclic amines) is 1. The van der Waals surface area contributed by atoms with Gasteiger partial charge in [0.1, 0.15) is 5.41 Å². The number of piperidine rings is 1. The van der Waals surface area contributed by atoms with E-state index in [2.05, 4.69) is 26.8 Å². The fourth-order valence-corrected chi connectivity index (χ4v) is 12.9. The Labute approximate surface area is 345 Å². The first-order chi connectivity index (χ1) is 28.3. The Morgan fingerprint density at radius 3 is 2.49 bits per heavy atom. The molecule has 1 aromatic carbocycles. The van der Waals surface area contributed by atoms with Crippen LogP contribution in [-0.2, 0) is 45.2 Å². The van der Waals surface area contributed by atoms with Gasteiger partial charge in [0.05, 0.1) is 31.6 Å². The zero-order valence-corrected chi connectivity index (χ0v) is 34.7. The molecule has 6 aliphatic rings. The van der Waals surface area contributed by atoms with Crippen LogP contribution in [-0.4, -0.2) is 131 Å². The molecule has 1 aromatic heterocycles. The van der Waals surface area contributed by atoms with Crippen LogP contribution in [0, 0.1) is 29.1 Å². The Hall–Kier alpha value is -4.74. The van der Waals surface area contributed by atoms with Gasteiger partial charge >= 0.3 is 17.9 Å². The summed E-state index contributed by atoms with van der Waals surface area (Å²) in [6, 6.07) is 6.23. The van der Waals surface area contributed by atoms with Crippen LogP contribution < -0.4 is 0 Å². The van der Waals surface area contributed by atoms with Gasteiger partial charge in [0.15, 0.2) is 6.10 Å². The molecule has 4 fully saturated rings. The van der Waals surface area contributed by atoms with Crippen LogP contribution in [0.4, 0.5) is 0 Å². The van der Waals surface area contributed by atoms with E-state index < -0.39 is 63.5 Å². The first-order valence-corrected chi connectivity index (χ1v) is 20.9. The van der Waals surface area contributed by atoms with Gasteiger partial charge in [0, 0.05) is 72.6 Å². The Balaban J connectivity index is 1.41. The van der Waals surface area contributed by atoms with Crippen molar-refractivity contribution in [3.63, 3.8) is 0 Å². The van der Waals surface area contributed by atoms with Crippen molar-refractivity contribution in [2.45, 2.75) is 101 Å². The molecule has 1 spiro atoms. The number of amides is 1. The number of methoxy groups -OCH3 is 2. The molecule has 3 saturated heterocycles. The zero-order chi connectivity index (χ0) is 42.1. The van der Waals surface area contributed by atoms with E-state index in [9.17, 15) is 29.4 Å². The SMILES string of the molecule is C#C/C=C1\C(=C/C[C@@]2(C(=O)OC)C[C@H]3CN(CCc4c2[nH]c2ccccc42)C[C@](O)(CC)C3)[C@@]23CCN4CC=C[C@@](CC)([C@@H](OC(C)=O)[C@](O)(C(=O)OC)[C@@H]2N1C=O)[C@H]43. The molecule has 6 heterocycles. The maximum atomic E-state index is 14.9. The topological polar surface area (TPSA) is 162 Å². The van der Waals surface area contributed by atoms with Gasteiger partial charge in [-0.15, -0.1) is 6.42 Å². The minimum Gasteiger partial charge on any atom is -0.468 e. The number of terminal acetylenes is 1. The normalized spacial score (nSPS) is 38.7. The molecule has 1 aliphatic carbocycles. The summed E-state index contributed by atoms with van der Waals surface area (Å²) in [5, 5.41) is 26.1. The van der Waals surface area contributed by atoms with Crippen LogP contribution in [0.1, 0.15) is 70.6 Å². The lowest BCUT2D eigenvalue weighted by Crippen LogP contribution is -2.79. The van der Waals surface area contributed by atoms with Crippen LogP contribution in [0.25, 0.3) is 10.9 Å². The smallest absolute Gasteiger partial charge is 0.344 e. The van der Waals surface area contributed by atoms with Crippen molar-refractivity contribution in [1.29, 1.82) is 0 Å². The summed E-state index contributed by atoms with van der Waals surface area (Å²) in [6.45, 7) is 8.19. The predicted molar refractivity (Wildman–Crippen MR) is 218 cm³/mol. The summed E-state index contributed by atoms with van der Waals surface area (Å²) in [4.78, 5) is 65.4. The highest BCUT2D eigenvalue weighted by atomic mass is 16.6. The number of para-hydroxylation sites is 1. The second-order valence-corrected chi connectivity index (χ2v) is 17.7. The van der Waals surface area contributed by atoms with Crippen molar-refractivity contribution in [3.05, 3.63) is 71.1 Å². The number of aliphatic hydroxyl groups is 2. The monoisotopic (exact) mass is 808 g/mol. The van der Waals surface area contributed by atoms with E-state index in [0.29, 0.717) is 88.9 Å². The van der Waals surface area contributed by atoms with Crippen molar-refractivity contribution in [1.82, 2.24) is 19.7 Å². The van der Waals surface area contributed by atoms with E-state index in [0.717, 1.165) is 29.3 Å². The Morgan fingerprint density at radius 1 is 1.05 bits per heavy atom. The third kappa shape index (κ3) is 5.73. The van der Waals surface area contributed by atoms with Crippen molar-refractivity contribution in [2.24, 2.45) is 16.7 Å². The minimum absolute atomic E-state index is 0.0907. The van der Waals surface area contributed by atoms with Crippen LogP contribution in [0.3, 0.4) is 0 Å². The van der Waals surface area contributed by atoms with Crippen LogP contribution >= 0.6 is 0 Å². The number of hydrogen-bond acceptors (Lipinski definition) is 11. The van der Waals surface area contributed by atoms with Gasteiger partial charge in [-0.05, 0) is 74.6 Å². The zero-order valence-electron chi connectivity index (χ0n) is 34.7. The largest absolute Gasteiger partial charge is 0.468 e. The third-order valence-electron chi connectivity index (χ3n) is 15.0.